The lowest BCUT2D eigenvalue weighted by atomic mass is 10.0. The lowest BCUT2D eigenvalue weighted by Gasteiger charge is -2.22. The molecule has 0 aliphatic carbocycles. The van der Waals surface area contributed by atoms with Gasteiger partial charge in [-0.1, -0.05) is 18.2 Å². The van der Waals surface area contributed by atoms with Crippen LogP contribution >= 0.6 is 0 Å². The number of hydrogen-bond donors (Lipinski definition) is 0. The van der Waals surface area contributed by atoms with Crippen LogP contribution in [0.15, 0.2) is 42.5 Å². The normalized spacial score (nSPS) is 14.3. The number of carbonyl (C=O) groups excluding carboxylic acids is 2. The van der Waals surface area contributed by atoms with Gasteiger partial charge < -0.3 is 9.47 Å². The summed E-state index contributed by atoms with van der Waals surface area (Å²) in [6.07, 6.45) is -5.96. The minimum absolute atomic E-state index is 0.154. The number of benzene rings is 2. The number of methoxy groups -OCH3 is 2. The van der Waals surface area contributed by atoms with E-state index in [4.69, 9.17) is 9.47 Å². The fourth-order valence-electron chi connectivity index (χ4n) is 2.91. The van der Waals surface area contributed by atoms with E-state index in [-0.39, 0.29) is 22.4 Å². The van der Waals surface area contributed by atoms with E-state index in [0.717, 1.165) is 17.0 Å². The van der Waals surface area contributed by atoms with Crippen LogP contribution in [0, 0.1) is 0 Å². The topological polar surface area (TPSA) is 55.8 Å². The van der Waals surface area contributed by atoms with E-state index in [0.29, 0.717) is 0 Å². The molecular formula is C18H14F3NO4. The van der Waals surface area contributed by atoms with Gasteiger partial charge in [0.2, 0.25) is 0 Å². The van der Waals surface area contributed by atoms with Crippen molar-refractivity contribution in [2.24, 2.45) is 0 Å². The second-order valence-corrected chi connectivity index (χ2v) is 5.56. The zero-order valence-electron chi connectivity index (χ0n) is 13.8. The number of alkyl halides is 3. The van der Waals surface area contributed by atoms with E-state index in [1.54, 1.807) is 12.1 Å². The minimum atomic E-state index is -4.72. The van der Waals surface area contributed by atoms with Gasteiger partial charge in [0.25, 0.3) is 11.8 Å². The summed E-state index contributed by atoms with van der Waals surface area (Å²) < 4.78 is 50.3. The van der Waals surface area contributed by atoms with Gasteiger partial charge in [-0.15, -0.1) is 0 Å². The smallest absolute Gasteiger partial charge is 0.352 e. The Morgan fingerprint density at radius 1 is 0.923 bits per heavy atom. The molecule has 0 unspecified atom stereocenters. The fourth-order valence-corrected chi connectivity index (χ4v) is 2.91. The molecule has 1 heterocycles. The molecule has 0 atom stereocenters. The van der Waals surface area contributed by atoms with Gasteiger partial charge in [-0.3, -0.25) is 9.59 Å². The molecule has 0 N–H and O–H groups in total. The molecule has 0 saturated heterocycles. The molecular weight excluding hydrogens is 351 g/mol. The molecule has 3 rings (SSSR count). The van der Waals surface area contributed by atoms with Gasteiger partial charge in [0.05, 0.1) is 22.4 Å². The number of nitrogens with zero attached hydrogens (tertiary/aromatic N) is 1. The molecule has 0 aromatic heterocycles. The molecule has 1 aliphatic rings. The molecule has 0 fully saturated rings. The van der Waals surface area contributed by atoms with E-state index < -0.39 is 29.8 Å². The van der Waals surface area contributed by atoms with Crippen LogP contribution in [0.2, 0.25) is 0 Å². The highest BCUT2D eigenvalue weighted by atomic mass is 19.4. The molecule has 26 heavy (non-hydrogen) atoms. The zero-order valence-corrected chi connectivity index (χ0v) is 13.8. The third-order valence-electron chi connectivity index (χ3n) is 4.08. The van der Waals surface area contributed by atoms with Crippen LogP contribution in [0.5, 0.6) is 0 Å². The summed E-state index contributed by atoms with van der Waals surface area (Å²) in [5.74, 6) is -1.33. The van der Waals surface area contributed by atoms with Crippen molar-refractivity contribution in [2.75, 3.05) is 19.1 Å². The zero-order chi connectivity index (χ0) is 19.1. The third-order valence-corrected chi connectivity index (χ3v) is 4.08. The maximum absolute atomic E-state index is 13.5. The molecule has 0 saturated carbocycles. The molecule has 136 valence electrons. The van der Waals surface area contributed by atoms with Gasteiger partial charge in [-0.05, 0) is 24.3 Å². The van der Waals surface area contributed by atoms with Crippen molar-refractivity contribution in [3.8, 4) is 0 Å². The average Bonchev–Trinajstić information content (AvgIpc) is 2.87. The Hall–Kier alpha value is -2.71. The fraction of sp³-hybridized carbons (Fsp3) is 0.222. The Morgan fingerprint density at radius 2 is 1.46 bits per heavy atom. The number of fused-ring (bicyclic) bond motifs is 1. The molecule has 2 aromatic rings. The number of ether oxygens (including phenoxy) is 2. The summed E-state index contributed by atoms with van der Waals surface area (Å²) in [7, 11) is 2.43. The van der Waals surface area contributed by atoms with E-state index in [1.807, 2.05) is 0 Å². The highest BCUT2D eigenvalue weighted by Crippen LogP contribution is 2.39. The maximum Gasteiger partial charge on any atom is 0.416 e. The van der Waals surface area contributed by atoms with Crippen LogP contribution in [0.3, 0.4) is 0 Å². The number of carbonyl (C=O) groups is 2. The van der Waals surface area contributed by atoms with Crippen LogP contribution in [0.1, 0.15) is 38.1 Å². The van der Waals surface area contributed by atoms with Crippen molar-refractivity contribution in [3.63, 3.8) is 0 Å². The van der Waals surface area contributed by atoms with E-state index in [2.05, 4.69) is 0 Å². The second-order valence-electron chi connectivity index (χ2n) is 5.56. The maximum atomic E-state index is 13.5. The summed E-state index contributed by atoms with van der Waals surface area (Å²) in [5, 5.41) is 0. The predicted molar refractivity (Wildman–Crippen MR) is 85.8 cm³/mol. The molecule has 0 radical (unpaired) electrons. The van der Waals surface area contributed by atoms with Crippen LogP contribution < -0.4 is 4.90 Å². The first-order chi connectivity index (χ1) is 12.3. The second kappa shape index (κ2) is 6.54. The average molecular weight is 365 g/mol. The number of anilines is 1. The van der Waals surface area contributed by atoms with Crippen molar-refractivity contribution in [1.29, 1.82) is 0 Å². The Labute approximate surface area is 146 Å². The van der Waals surface area contributed by atoms with Gasteiger partial charge in [0.15, 0.2) is 6.29 Å². The van der Waals surface area contributed by atoms with Crippen molar-refractivity contribution in [1.82, 2.24) is 0 Å². The molecule has 2 aromatic carbocycles. The van der Waals surface area contributed by atoms with Crippen molar-refractivity contribution < 1.29 is 32.2 Å². The van der Waals surface area contributed by atoms with Gasteiger partial charge in [-0.2, -0.15) is 13.2 Å². The molecule has 8 heteroatoms. The van der Waals surface area contributed by atoms with Gasteiger partial charge in [0.1, 0.15) is 0 Å². The van der Waals surface area contributed by atoms with Crippen molar-refractivity contribution in [3.05, 3.63) is 64.7 Å². The third kappa shape index (κ3) is 2.87. The van der Waals surface area contributed by atoms with Gasteiger partial charge in [-0.25, -0.2) is 4.90 Å². The highest BCUT2D eigenvalue weighted by Gasteiger charge is 2.40. The van der Waals surface area contributed by atoms with Crippen LogP contribution in [0.4, 0.5) is 18.9 Å². The largest absolute Gasteiger partial charge is 0.416 e. The van der Waals surface area contributed by atoms with E-state index in [1.165, 1.54) is 32.4 Å². The number of imide groups is 1. The summed E-state index contributed by atoms with van der Waals surface area (Å²) in [5.41, 5.74) is -1.15. The molecule has 2 amide bonds. The molecule has 0 spiro atoms. The SMILES string of the molecule is COC(OC)c1ccc(N2C(=O)c3ccccc3C2=O)cc1C(F)(F)F. The van der Waals surface area contributed by atoms with Crippen molar-refractivity contribution in [2.45, 2.75) is 12.5 Å². The number of halogens is 3. The molecule has 0 bridgehead atoms. The van der Waals surface area contributed by atoms with Gasteiger partial charge >= 0.3 is 6.18 Å². The number of rotatable bonds is 4. The highest BCUT2D eigenvalue weighted by molar-refractivity contribution is 6.34. The monoisotopic (exact) mass is 365 g/mol. The first-order valence-electron chi connectivity index (χ1n) is 7.54. The summed E-state index contributed by atoms with van der Waals surface area (Å²) in [6.45, 7) is 0. The first kappa shape index (κ1) is 18.1. The Morgan fingerprint density at radius 3 is 1.92 bits per heavy atom. The molecule has 5 nitrogen and oxygen atoms in total. The number of hydrogen-bond acceptors (Lipinski definition) is 4. The summed E-state index contributed by atoms with van der Waals surface area (Å²) >= 11 is 0. The lowest BCUT2D eigenvalue weighted by molar-refractivity contribution is -0.147. The van der Waals surface area contributed by atoms with Crippen LogP contribution in [-0.2, 0) is 15.7 Å². The minimum Gasteiger partial charge on any atom is -0.352 e. The summed E-state index contributed by atoms with van der Waals surface area (Å²) in [4.78, 5) is 25.7. The van der Waals surface area contributed by atoms with Crippen LogP contribution in [-0.4, -0.2) is 26.0 Å². The Bertz CT molecular complexity index is 840. The van der Waals surface area contributed by atoms with E-state index in [9.17, 15) is 22.8 Å². The Balaban J connectivity index is 2.11. The Kier molecular flexibility index (Phi) is 4.55. The summed E-state index contributed by atoms with van der Waals surface area (Å²) in [6, 6.07) is 9.23. The standard InChI is InChI=1S/C18H14F3NO4/c1-25-17(26-2)13-8-7-10(9-14(13)18(19,20)21)22-15(23)11-5-3-4-6-12(11)16(22)24/h3-9,17H,1-2H3. The van der Waals surface area contributed by atoms with Gasteiger partial charge in [0, 0.05) is 19.8 Å². The predicted octanol–water partition coefficient (Wildman–Crippen LogP) is 3.80. The first-order valence-corrected chi connectivity index (χ1v) is 7.54. The molecule has 1 aliphatic heterocycles. The number of amides is 2. The van der Waals surface area contributed by atoms with Crippen molar-refractivity contribution >= 4 is 17.5 Å². The van der Waals surface area contributed by atoms with E-state index >= 15 is 0 Å². The van der Waals surface area contributed by atoms with Crippen LogP contribution in [0.25, 0.3) is 0 Å². The lowest BCUT2D eigenvalue weighted by Crippen LogP contribution is -2.30. The quantitative estimate of drug-likeness (QED) is 0.611.